The summed E-state index contributed by atoms with van der Waals surface area (Å²) in [7, 11) is 0. The van der Waals surface area contributed by atoms with E-state index in [4.69, 9.17) is 0 Å². The Balaban J connectivity index is 2.52. The lowest BCUT2D eigenvalue weighted by atomic mass is 10.0. The van der Waals surface area contributed by atoms with Crippen LogP contribution in [0.1, 0.15) is 12.0 Å². The molecule has 0 fully saturated rings. The Kier molecular flexibility index (Phi) is 4.84. The molecule has 21 heavy (non-hydrogen) atoms. The molecule has 0 bridgehead atoms. The molecular formula is C13H9F5INO. The van der Waals surface area contributed by atoms with E-state index in [-0.39, 0.29) is 12.1 Å². The van der Waals surface area contributed by atoms with Gasteiger partial charge in [-0.25, -0.2) is 22.0 Å². The number of hydrogen-bond acceptors (Lipinski definition) is 1. The largest absolute Gasteiger partial charge is 0.305 e. The maximum Gasteiger partial charge on any atom is 0.256 e. The van der Waals surface area contributed by atoms with E-state index in [2.05, 4.69) is 0 Å². The molecule has 1 amide bonds. The molecule has 1 aliphatic heterocycles. The number of carbonyl (C=O) groups excluding carboxylic acids is 1. The number of carbonyl (C=O) groups is 1. The van der Waals surface area contributed by atoms with Crippen molar-refractivity contribution >= 4 is 34.2 Å². The molecule has 1 aromatic rings. The third-order valence-corrected chi connectivity index (χ3v) is 3.97. The van der Waals surface area contributed by atoms with Crippen LogP contribution in [-0.2, 0) is 4.79 Å². The molecule has 114 valence electrons. The average molecular weight is 417 g/mol. The van der Waals surface area contributed by atoms with Crippen LogP contribution in [0.3, 0.4) is 0 Å². The molecule has 8 heteroatoms. The maximum absolute atomic E-state index is 13.8. The van der Waals surface area contributed by atoms with Gasteiger partial charge in [-0.15, -0.1) is 0 Å². The van der Waals surface area contributed by atoms with Crippen LogP contribution in [-0.4, -0.2) is 27.7 Å². The fraction of sp³-hybridized carbons (Fsp3) is 0.308. The highest BCUT2D eigenvalue weighted by Crippen LogP contribution is 2.32. The number of allylic oxidation sites excluding steroid dienone is 1. The average Bonchev–Trinajstić information content (AvgIpc) is 2.36. The Morgan fingerprint density at radius 2 is 1.81 bits per heavy atom. The zero-order valence-corrected chi connectivity index (χ0v) is 12.6. The highest BCUT2D eigenvalue weighted by Gasteiger charge is 2.33. The number of alkyl halides is 3. The zero-order valence-electron chi connectivity index (χ0n) is 10.4. The Morgan fingerprint density at radius 3 is 2.33 bits per heavy atom. The first-order valence-electron chi connectivity index (χ1n) is 5.90. The summed E-state index contributed by atoms with van der Waals surface area (Å²) in [5.74, 6) is -4.25. The molecule has 0 N–H and O–H groups in total. The molecule has 0 aliphatic carbocycles. The molecule has 1 atom stereocenters. The number of nitrogens with zero attached hydrogens (tertiary/aromatic N) is 1. The van der Waals surface area contributed by atoms with Crippen LogP contribution in [0, 0.1) is 17.5 Å². The van der Waals surface area contributed by atoms with Gasteiger partial charge in [0, 0.05) is 12.1 Å². The van der Waals surface area contributed by atoms with Crippen molar-refractivity contribution in [2.45, 2.75) is 16.8 Å². The number of amides is 1. The molecule has 2 nitrogen and oxygen atoms in total. The van der Waals surface area contributed by atoms with E-state index >= 15 is 0 Å². The van der Waals surface area contributed by atoms with E-state index in [1.807, 2.05) is 0 Å². The molecular weight excluding hydrogens is 408 g/mol. The van der Waals surface area contributed by atoms with Gasteiger partial charge in [-0.3, -0.25) is 4.79 Å². The molecule has 0 saturated heterocycles. The number of benzene rings is 1. The van der Waals surface area contributed by atoms with Gasteiger partial charge in [0.15, 0.2) is 0 Å². The van der Waals surface area contributed by atoms with Gasteiger partial charge in [-0.1, -0.05) is 28.7 Å². The van der Waals surface area contributed by atoms with E-state index in [0.717, 1.165) is 0 Å². The van der Waals surface area contributed by atoms with Crippen molar-refractivity contribution in [2.24, 2.45) is 0 Å². The fourth-order valence-electron chi connectivity index (χ4n) is 2.06. The second-order valence-electron chi connectivity index (χ2n) is 4.38. The zero-order chi connectivity index (χ0) is 15.7. The first-order valence-corrected chi connectivity index (χ1v) is 7.14. The lowest BCUT2D eigenvalue weighted by Gasteiger charge is -2.31. The normalized spacial score (nSPS) is 19.2. The number of rotatable bonds is 3. The second kappa shape index (κ2) is 6.29. The van der Waals surface area contributed by atoms with Crippen molar-refractivity contribution in [3.8, 4) is 0 Å². The van der Waals surface area contributed by atoms with Crippen molar-refractivity contribution in [1.82, 2.24) is 4.90 Å². The van der Waals surface area contributed by atoms with Crippen LogP contribution in [0.4, 0.5) is 22.0 Å². The van der Waals surface area contributed by atoms with Gasteiger partial charge in [0.2, 0.25) is 5.91 Å². The summed E-state index contributed by atoms with van der Waals surface area (Å²) in [6.45, 7) is -0.972. The predicted molar refractivity (Wildman–Crippen MR) is 74.4 cm³/mol. The molecule has 1 aromatic carbocycles. The number of halogens is 6. The van der Waals surface area contributed by atoms with Gasteiger partial charge in [-0.05, 0) is 6.42 Å². The smallest absolute Gasteiger partial charge is 0.256 e. The summed E-state index contributed by atoms with van der Waals surface area (Å²) in [6.07, 6.45) is -1.39. The summed E-state index contributed by atoms with van der Waals surface area (Å²) in [4.78, 5) is 12.6. The van der Waals surface area contributed by atoms with Gasteiger partial charge in [0.1, 0.15) is 17.5 Å². The van der Waals surface area contributed by atoms with Gasteiger partial charge >= 0.3 is 0 Å². The molecule has 0 spiro atoms. The Morgan fingerprint density at radius 1 is 1.24 bits per heavy atom. The summed E-state index contributed by atoms with van der Waals surface area (Å²) in [6, 6.07) is 0.890. The quantitative estimate of drug-likeness (QED) is 0.417. The second-order valence-corrected chi connectivity index (χ2v) is 5.88. The van der Waals surface area contributed by atoms with Crippen molar-refractivity contribution in [3.63, 3.8) is 0 Å². The fourth-order valence-corrected chi connectivity index (χ4v) is 2.65. The minimum atomic E-state index is -2.86. The standard InChI is InChI=1S/C13H9F5INO/c14-6-3-7(15)12(8(16)4-6)10-2-1-9(19)13(21)20(10)5-11(17)18/h2-4,9,11H,1,5H2. The Hall–Kier alpha value is -1.19. The third kappa shape index (κ3) is 3.35. The van der Waals surface area contributed by atoms with Crippen molar-refractivity contribution in [3.05, 3.63) is 41.2 Å². The van der Waals surface area contributed by atoms with Crippen LogP contribution in [0.5, 0.6) is 0 Å². The molecule has 0 radical (unpaired) electrons. The number of hydrogen-bond donors (Lipinski definition) is 0. The lowest BCUT2D eigenvalue weighted by Crippen LogP contribution is -2.41. The van der Waals surface area contributed by atoms with Crippen LogP contribution in [0.2, 0.25) is 0 Å². The van der Waals surface area contributed by atoms with Gasteiger partial charge in [-0.2, -0.15) is 0 Å². The first-order chi connectivity index (χ1) is 9.81. The summed E-state index contributed by atoms with van der Waals surface area (Å²) < 4.78 is 65.1. The van der Waals surface area contributed by atoms with Gasteiger partial charge in [0.25, 0.3) is 6.43 Å². The highest BCUT2D eigenvalue weighted by atomic mass is 127. The van der Waals surface area contributed by atoms with E-state index in [0.29, 0.717) is 17.0 Å². The van der Waals surface area contributed by atoms with Crippen molar-refractivity contribution < 1.29 is 26.7 Å². The Labute approximate surface area is 130 Å². The lowest BCUT2D eigenvalue weighted by molar-refractivity contribution is -0.128. The molecule has 0 saturated carbocycles. The highest BCUT2D eigenvalue weighted by molar-refractivity contribution is 14.1. The minimum Gasteiger partial charge on any atom is -0.305 e. The third-order valence-electron chi connectivity index (χ3n) is 2.93. The van der Waals surface area contributed by atoms with Gasteiger partial charge in [0.05, 0.1) is 21.7 Å². The van der Waals surface area contributed by atoms with Crippen LogP contribution in [0.25, 0.3) is 5.70 Å². The first kappa shape index (κ1) is 16.2. The predicted octanol–water partition coefficient (Wildman–Crippen LogP) is 3.75. The SMILES string of the molecule is O=C1C(I)CC=C(c2c(F)cc(F)cc2F)N1CC(F)F. The van der Waals surface area contributed by atoms with Crippen molar-refractivity contribution in [1.29, 1.82) is 0 Å². The molecule has 1 heterocycles. The molecule has 0 aromatic heterocycles. The maximum atomic E-state index is 13.8. The van der Waals surface area contributed by atoms with E-state index in [9.17, 15) is 26.7 Å². The molecule has 1 unspecified atom stereocenters. The van der Waals surface area contributed by atoms with E-state index in [1.165, 1.54) is 6.08 Å². The van der Waals surface area contributed by atoms with Crippen LogP contribution >= 0.6 is 22.6 Å². The Bertz CT molecular complexity index is 581. The molecule has 1 aliphatic rings. The van der Waals surface area contributed by atoms with E-state index in [1.54, 1.807) is 22.6 Å². The summed E-state index contributed by atoms with van der Waals surface area (Å²) >= 11 is 1.77. The van der Waals surface area contributed by atoms with E-state index < -0.39 is 45.8 Å². The summed E-state index contributed by atoms with van der Waals surface area (Å²) in [5.41, 5.74) is -0.961. The monoisotopic (exact) mass is 417 g/mol. The minimum absolute atomic E-state index is 0.157. The molecule has 2 rings (SSSR count). The van der Waals surface area contributed by atoms with Gasteiger partial charge < -0.3 is 4.90 Å². The van der Waals surface area contributed by atoms with Crippen LogP contribution in [0.15, 0.2) is 18.2 Å². The topological polar surface area (TPSA) is 20.3 Å². The van der Waals surface area contributed by atoms with Crippen LogP contribution < -0.4 is 0 Å². The summed E-state index contributed by atoms with van der Waals surface area (Å²) in [5, 5.41) is 0. The van der Waals surface area contributed by atoms with Crippen molar-refractivity contribution in [2.75, 3.05) is 6.54 Å².